The molecule has 3 N–H and O–H groups in total. The summed E-state index contributed by atoms with van der Waals surface area (Å²) in [5, 5.41) is 21.5. The molecule has 0 bridgehead atoms. The standard InChI is InChI=1S/C31H34N4O3/c32-30(23-7-10-28-29(16-23)38-13-11-34-31(28)37)25-15-24(17-33-18-25)22-4-3-20-5-8-26(9-6-21(20)14-22)35-12-1-2-27(35)19-36/h3-4,7,10,14-18,26-27,32,36H,1-2,5-6,8-9,11-13,19H2,(H,34,37)/t26?,27-/m1/s1. The molecule has 2 aliphatic heterocycles. The van der Waals surface area contributed by atoms with Gasteiger partial charge in [-0.25, -0.2) is 0 Å². The van der Waals surface area contributed by atoms with Gasteiger partial charge < -0.3 is 15.2 Å². The molecule has 0 radical (unpaired) electrons. The number of hydrogen-bond donors (Lipinski definition) is 3. The third-order valence-electron chi connectivity index (χ3n) is 8.32. The van der Waals surface area contributed by atoms with E-state index in [2.05, 4.69) is 33.4 Å². The van der Waals surface area contributed by atoms with Crippen molar-refractivity contribution in [3.63, 3.8) is 0 Å². The molecule has 6 rings (SSSR count). The summed E-state index contributed by atoms with van der Waals surface area (Å²) in [5.41, 5.74) is 7.16. The van der Waals surface area contributed by atoms with E-state index in [1.807, 2.05) is 12.3 Å². The molecule has 1 aliphatic carbocycles. The first-order valence-corrected chi connectivity index (χ1v) is 13.7. The first-order valence-electron chi connectivity index (χ1n) is 13.7. The second-order valence-electron chi connectivity index (χ2n) is 10.6. The Morgan fingerprint density at radius 3 is 2.76 bits per heavy atom. The molecular formula is C31H34N4O3. The lowest BCUT2D eigenvalue weighted by Gasteiger charge is -2.31. The molecule has 3 aliphatic rings. The zero-order valence-electron chi connectivity index (χ0n) is 21.6. The summed E-state index contributed by atoms with van der Waals surface area (Å²) < 4.78 is 5.74. The van der Waals surface area contributed by atoms with Crippen LogP contribution in [0, 0.1) is 5.41 Å². The zero-order valence-corrected chi connectivity index (χ0v) is 21.6. The van der Waals surface area contributed by atoms with Gasteiger partial charge in [0, 0.05) is 41.2 Å². The summed E-state index contributed by atoms with van der Waals surface area (Å²) in [6.45, 7) is 2.24. The van der Waals surface area contributed by atoms with Gasteiger partial charge in [-0.1, -0.05) is 24.3 Å². The van der Waals surface area contributed by atoms with Gasteiger partial charge >= 0.3 is 0 Å². The summed E-state index contributed by atoms with van der Waals surface area (Å²) >= 11 is 0. The number of ether oxygens (including phenoxy) is 1. The minimum atomic E-state index is -0.151. The van der Waals surface area contributed by atoms with E-state index >= 15 is 0 Å². The Labute approximate surface area is 223 Å². The fraction of sp³-hybridized carbons (Fsp3) is 0.387. The molecule has 196 valence electrons. The van der Waals surface area contributed by atoms with Gasteiger partial charge in [-0.3, -0.25) is 20.1 Å². The van der Waals surface area contributed by atoms with E-state index in [1.54, 1.807) is 24.4 Å². The van der Waals surface area contributed by atoms with Gasteiger partial charge in [0.1, 0.15) is 12.4 Å². The Balaban J connectivity index is 1.22. The molecule has 1 fully saturated rings. The van der Waals surface area contributed by atoms with Crippen molar-refractivity contribution < 1.29 is 14.6 Å². The predicted octanol–water partition coefficient (Wildman–Crippen LogP) is 3.99. The summed E-state index contributed by atoms with van der Waals surface area (Å²) in [6.07, 6.45) is 10.2. The topological polar surface area (TPSA) is 98.5 Å². The van der Waals surface area contributed by atoms with Crippen molar-refractivity contribution in [2.24, 2.45) is 0 Å². The number of benzene rings is 2. The second-order valence-corrected chi connectivity index (χ2v) is 10.6. The molecule has 1 saturated heterocycles. The van der Waals surface area contributed by atoms with Crippen molar-refractivity contribution in [2.45, 2.75) is 50.6 Å². The number of aryl methyl sites for hydroxylation is 2. The molecular weight excluding hydrogens is 476 g/mol. The van der Waals surface area contributed by atoms with Crippen LogP contribution in [0.4, 0.5) is 0 Å². The van der Waals surface area contributed by atoms with Crippen LogP contribution in [-0.4, -0.2) is 65.0 Å². The summed E-state index contributed by atoms with van der Waals surface area (Å²) in [5.74, 6) is 0.358. The van der Waals surface area contributed by atoms with Gasteiger partial charge in [-0.05, 0) is 80.0 Å². The quantitative estimate of drug-likeness (QED) is 0.356. The number of carbonyl (C=O) groups is 1. The smallest absolute Gasteiger partial charge is 0.255 e. The number of carbonyl (C=O) groups excluding carboxylic acids is 1. The number of nitrogens with zero attached hydrogens (tertiary/aromatic N) is 2. The van der Waals surface area contributed by atoms with Crippen molar-refractivity contribution in [1.82, 2.24) is 15.2 Å². The van der Waals surface area contributed by atoms with Crippen LogP contribution in [0.3, 0.4) is 0 Å². The van der Waals surface area contributed by atoms with Crippen LogP contribution >= 0.6 is 0 Å². The monoisotopic (exact) mass is 510 g/mol. The largest absolute Gasteiger partial charge is 0.491 e. The normalized spacial score (nSPS) is 21.4. The van der Waals surface area contributed by atoms with E-state index in [0.29, 0.717) is 47.8 Å². The lowest BCUT2D eigenvalue weighted by molar-refractivity contribution is 0.0957. The Kier molecular flexibility index (Phi) is 6.96. The van der Waals surface area contributed by atoms with Gasteiger partial charge in [0.05, 0.1) is 24.4 Å². The Hall–Kier alpha value is -3.55. The van der Waals surface area contributed by atoms with Crippen LogP contribution in [0.15, 0.2) is 54.9 Å². The number of rotatable bonds is 5. The Morgan fingerprint density at radius 2 is 1.89 bits per heavy atom. The molecule has 2 aromatic carbocycles. The third kappa shape index (κ3) is 4.84. The van der Waals surface area contributed by atoms with E-state index < -0.39 is 0 Å². The maximum absolute atomic E-state index is 12.2. The molecule has 0 spiro atoms. The predicted molar refractivity (Wildman–Crippen MR) is 147 cm³/mol. The molecule has 1 unspecified atom stereocenters. The number of pyridine rings is 1. The molecule has 1 aromatic heterocycles. The van der Waals surface area contributed by atoms with E-state index in [-0.39, 0.29) is 12.5 Å². The summed E-state index contributed by atoms with van der Waals surface area (Å²) in [6, 6.07) is 14.9. The average molecular weight is 511 g/mol. The molecule has 38 heavy (non-hydrogen) atoms. The molecule has 0 saturated carbocycles. The van der Waals surface area contributed by atoms with Gasteiger partial charge in [-0.15, -0.1) is 0 Å². The third-order valence-corrected chi connectivity index (χ3v) is 8.32. The number of likely N-dealkylation sites (tertiary alicyclic amines) is 1. The first kappa shape index (κ1) is 24.8. The van der Waals surface area contributed by atoms with Crippen molar-refractivity contribution >= 4 is 11.6 Å². The number of aliphatic hydroxyl groups is 1. The number of aliphatic hydroxyl groups excluding tert-OH is 1. The van der Waals surface area contributed by atoms with Crippen LogP contribution in [-0.2, 0) is 12.8 Å². The Morgan fingerprint density at radius 1 is 1.03 bits per heavy atom. The molecule has 1 amide bonds. The van der Waals surface area contributed by atoms with Crippen molar-refractivity contribution in [1.29, 1.82) is 5.41 Å². The fourth-order valence-corrected chi connectivity index (χ4v) is 6.24. The minimum absolute atomic E-state index is 0.151. The van der Waals surface area contributed by atoms with Crippen LogP contribution in [0.2, 0.25) is 0 Å². The molecule has 7 heteroatoms. The van der Waals surface area contributed by atoms with Crippen LogP contribution in [0.5, 0.6) is 5.75 Å². The van der Waals surface area contributed by atoms with Gasteiger partial charge in [0.25, 0.3) is 5.91 Å². The van der Waals surface area contributed by atoms with E-state index in [0.717, 1.165) is 55.3 Å². The highest BCUT2D eigenvalue weighted by molar-refractivity contribution is 6.12. The molecule has 2 atom stereocenters. The van der Waals surface area contributed by atoms with Gasteiger partial charge in [0.2, 0.25) is 0 Å². The van der Waals surface area contributed by atoms with Crippen LogP contribution in [0.25, 0.3) is 11.1 Å². The van der Waals surface area contributed by atoms with Gasteiger partial charge in [-0.2, -0.15) is 0 Å². The Bertz CT molecular complexity index is 1370. The number of fused-ring (bicyclic) bond motifs is 2. The fourth-order valence-electron chi connectivity index (χ4n) is 6.24. The van der Waals surface area contributed by atoms with Crippen LogP contribution < -0.4 is 10.1 Å². The first-order chi connectivity index (χ1) is 18.6. The average Bonchev–Trinajstić information content (AvgIpc) is 3.23. The highest BCUT2D eigenvalue weighted by Crippen LogP contribution is 2.32. The summed E-state index contributed by atoms with van der Waals surface area (Å²) in [7, 11) is 0. The molecule has 7 nitrogen and oxygen atoms in total. The maximum atomic E-state index is 12.2. The number of amides is 1. The van der Waals surface area contributed by atoms with Crippen LogP contribution in [0.1, 0.15) is 58.3 Å². The minimum Gasteiger partial charge on any atom is -0.491 e. The maximum Gasteiger partial charge on any atom is 0.255 e. The summed E-state index contributed by atoms with van der Waals surface area (Å²) in [4.78, 5) is 19.2. The van der Waals surface area contributed by atoms with Gasteiger partial charge in [0.15, 0.2) is 0 Å². The SMILES string of the molecule is N=C(c1cncc(-c2ccc3c(c2)CCC(N2CCC[C@@H]2CO)CC3)c1)c1ccc2c(c1)OCCNC2=O. The van der Waals surface area contributed by atoms with Crippen molar-refractivity contribution in [3.8, 4) is 16.9 Å². The van der Waals surface area contributed by atoms with Crippen molar-refractivity contribution in [3.05, 3.63) is 82.7 Å². The lowest BCUT2D eigenvalue weighted by Crippen LogP contribution is -2.41. The molecule has 3 aromatic rings. The van der Waals surface area contributed by atoms with E-state index in [9.17, 15) is 9.90 Å². The lowest BCUT2D eigenvalue weighted by atomic mass is 9.95. The van der Waals surface area contributed by atoms with Crippen molar-refractivity contribution in [2.75, 3.05) is 26.3 Å². The number of hydrogen-bond acceptors (Lipinski definition) is 6. The number of nitrogens with one attached hydrogen (secondary N) is 2. The second kappa shape index (κ2) is 10.7. The molecule has 3 heterocycles. The highest BCUT2D eigenvalue weighted by Gasteiger charge is 2.31. The van der Waals surface area contributed by atoms with E-state index in [4.69, 9.17) is 10.1 Å². The number of aromatic nitrogens is 1. The van der Waals surface area contributed by atoms with E-state index in [1.165, 1.54) is 17.5 Å². The highest BCUT2D eigenvalue weighted by atomic mass is 16.5. The zero-order chi connectivity index (χ0) is 26.1.